The third kappa shape index (κ3) is 3.29. The SMILES string of the molecule is O=C(Cn1nnc(-c2ccccc2Cl)n1)Nc1ccccc1. The van der Waals surface area contributed by atoms with Gasteiger partial charge in [-0.2, -0.15) is 4.80 Å². The van der Waals surface area contributed by atoms with E-state index >= 15 is 0 Å². The minimum absolute atomic E-state index is 0.0215. The van der Waals surface area contributed by atoms with E-state index in [9.17, 15) is 4.79 Å². The van der Waals surface area contributed by atoms with Crippen molar-refractivity contribution in [1.82, 2.24) is 20.2 Å². The summed E-state index contributed by atoms with van der Waals surface area (Å²) in [7, 11) is 0. The lowest BCUT2D eigenvalue weighted by Gasteiger charge is -2.03. The first-order chi connectivity index (χ1) is 10.7. The standard InChI is InChI=1S/C15H12ClN5O/c16-13-9-5-4-8-12(13)15-18-20-21(19-15)10-14(22)17-11-6-2-1-3-7-11/h1-9H,10H2,(H,17,22). The molecule has 3 aromatic rings. The molecule has 0 fully saturated rings. The summed E-state index contributed by atoms with van der Waals surface area (Å²) in [4.78, 5) is 13.2. The second-order valence-corrected chi connectivity index (χ2v) is 4.94. The van der Waals surface area contributed by atoms with E-state index in [0.717, 1.165) is 5.69 Å². The number of hydrogen-bond acceptors (Lipinski definition) is 4. The molecule has 7 heteroatoms. The Balaban J connectivity index is 1.70. The Morgan fingerprint density at radius 1 is 1.09 bits per heavy atom. The van der Waals surface area contributed by atoms with Crippen LogP contribution in [0.4, 0.5) is 5.69 Å². The highest BCUT2D eigenvalue weighted by Gasteiger charge is 2.11. The normalized spacial score (nSPS) is 10.4. The lowest BCUT2D eigenvalue weighted by Crippen LogP contribution is -2.20. The van der Waals surface area contributed by atoms with Gasteiger partial charge in [-0.15, -0.1) is 10.2 Å². The average Bonchev–Trinajstić information content (AvgIpc) is 2.97. The van der Waals surface area contributed by atoms with Crippen LogP contribution in [0.5, 0.6) is 0 Å². The highest BCUT2D eigenvalue weighted by Crippen LogP contribution is 2.23. The molecule has 3 rings (SSSR count). The van der Waals surface area contributed by atoms with Crippen molar-refractivity contribution in [3.63, 3.8) is 0 Å². The summed E-state index contributed by atoms with van der Waals surface area (Å²) in [5, 5.41) is 15.3. The molecule has 0 saturated carbocycles. The van der Waals surface area contributed by atoms with Crippen molar-refractivity contribution < 1.29 is 4.79 Å². The molecule has 0 aliphatic carbocycles. The van der Waals surface area contributed by atoms with E-state index in [2.05, 4.69) is 20.7 Å². The monoisotopic (exact) mass is 313 g/mol. The molecule has 0 unspecified atom stereocenters. The van der Waals surface area contributed by atoms with Gasteiger partial charge in [0.1, 0.15) is 6.54 Å². The maximum atomic E-state index is 11.9. The second kappa shape index (κ2) is 6.36. The van der Waals surface area contributed by atoms with Crippen LogP contribution in [0.2, 0.25) is 5.02 Å². The summed E-state index contributed by atoms with van der Waals surface area (Å²) in [6, 6.07) is 16.4. The first-order valence-electron chi connectivity index (χ1n) is 6.60. The number of carbonyl (C=O) groups excluding carboxylic acids is 1. The molecule has 0 aliphatic rings. The van der Waals surface area contributed by atoms with Crippen LogP contribution >= 0.6 is 11.6 Å². The van der Waals surface area contributed by atoms with Gasteiger partial charge >= 0.3 is 0 Å². The first-order valence-corrected chi connectivity index (χ1v) is 6.98. The molecule has 1 heterocycles. The van der Waals surface area contributed by atoms with Gasteiger partial charge in [0.25, 0.3) is 0 Å². The van der Waals surface area contributed by atoms with Gasteiger partial charge in [0, 0.05) is 11.3 Å². The number of hydrogen-bond donors (Lipinski definition) is 1. The number of aromatic nitrogens is 4. The van der Waals surface area contributed by atoms with Gasteiger partial charge in [-0.25, -0.2) is 0 Å². The van der Waals surface area contributed by atoms with Gasteiger partial charge in [0.2, 0.25) is 11.7 Å². The van der Waals surface area contributed by atoms with Crippen molar-refractivity contribution in [3.8, 4) is 11.4 Å². The molecule has 1 aromatic heterocycles. The van der Waals surface area contributed by atoms with E-state index in [1.54, 1.807) is 12.1 Å². The fraction of sp³-hybridized carbons (Fsp3) is 0.0667. The molecule has 1 N–H and O–H groups in total. The van der Waals surface area contributed by atoms with Gasteiger partial charge < -0.3 is 5.32 Å². The van der Waals surface area contributed by atoms with E-state index in [-0.39, 0.29) is 12.5 Å². The van der Waals surface area contributed by atoms with Gasteiger partial charge in [-0.3, -0.25) is 4.79 Å². The fourth-order valence-corrected chi connectivity index (χ4v) is 2.13. The van der Waals surface area contributed by atoms with Crippen LogP contribution in [0.1, 0.15) is 0 Å². The summed E-state index contributed by atoms with van der Waals surface area (Å²) >= 11 is 6.08. The summed E-state index contributed by atoms with van der Waals surface area (Å²) in [6.07, 6.45) is 0. The van der Waals surface area contributed by atoms with Crippen molar-refractivity contribution in [2.75, 3.05) is 5.32 Å². The summed E-state index contributed by atoms with van der Waals surface area (Å²) in [5.41, 5.74) is 1.40. The molecule has 0 spiro atoms. The molecular formula is C15H12ClN5O. The fourth-order valence-electron chi connectivity index (χ4n) is 1.91. The van der Waals surface area contributed by atoms with Crippen molar-refractivity contribution in [2.24, 2.45) is 0 Å². The number of halogens is 1. The Hall–Kier alpha value is -2.73. The molecule has 2 aromatic carbocycles. The van der Waals surface area contributed by atoms with Crippen molar-refractivity contribution >= 4 is 23.2 Å². The highest BCUT2D eigenvalue weighted by molar-refractivity contribution is 6.33. The Morgan fingerprint density at radius 2 is 1.82 bits per heavy atom. The summed E-state index contributed by atoms with van der Waals surface area (Å²) in [5.74, 6) is 0.160. The van der Waals surface area contributed by atoms with Gasteiger partial charge in [-0.05, 0) is 29.5 Å². The van der Waals surface area contributed by atoms with Crippen LogP contribution < -0.4 is 5.32 Å². The number of rotatable bonds is 4. The Morgan fingerprint density at radius 3 is 2.59 bits per heavy atom. The molecule has 110 valence electrons. The minimum Gasteiger partial charge on any atom is -0.324 e. The zero-order valence-corrected chi connectivity index (χ0v) is 12.2. The van der Waals surface area contributed by atoms with E-state index in [1.165, 1.54) is 4.80 Å². The molecule has 6 nitrogen and oxygen atoms in total. The topological polar surface area (TPSA) is 72.7 Å². The summed E-state index contributed by atoms with van der Waals surface area (Å²) in [6.45, 7) is -0.0215. The first kappa shape index (κ1) is 14.2. The maximum absolute atomic E-state index is 11.9. The molecule has 0 bridgehead atoms. The number of nitrogens with one attached hydrogen (secondary N) is 1. The zero-order chi connectivity index (χ0) is 15.4. The van der Waals surface area contributed by atoms with Crippen LogP contribution in [-0.2, 0) is 11.3 Å². The highest BCUT2D eigenvalue weighted by atomic mass is 35.5. The number of amides is 1. The predicted octanol–water partition coefficient (Wildman–Crippen LogP) is 2.63. The molecule has 1 amide bonds. The molecule has 22 heavy (non-hydrogen) atoms. The van der Waals surface area contributed by atoms with Crippen molar-refractivity contribution in [3.05, 3.63) is 59.6 Å². The van der Waals surface area contributed by atoms with Crippen LogP contribution in [0.3, 0.4) is 0 Å². The molecule has 0 atom stereocenters. The number of tetrazole rings is 1. The Labute approximate surface area is 131 Å². The Kier molecular flexibility index (Phi) is 4.11. The predicted molar refractivity (Wildman–Crippen MR) is 83.3 cm³/mol. The number of anilines is 1. The van der Waals surface area contributed by atoms with Crippen LogP contribution in [0, 0.1) is 0 Å². The number of benzene rings is 2. The lowest BCUT2D eigenvalue weighted by atomic mass is 10.2. The quantitative estimate of drug-likeness (QED) is 0.803. The van der Waals surface area contributed by atoms with E-state index < -0.39 is 0 Å². The third-order valence-corrected chi connectivity index (χ3v) is 3.24. The van der Waals surface area contributed by atoms with E-state index in [0.29, 0.717) is 16.4 Å². The molecular weight excluding hydrogens is 302 g/mol. The third-order valence-electron chi connectivity index (χ3n) is 2.91. The van der Waals surface area contributed by atoms with Crippen LogP contribution in [0.25, 0.3) is 11.4 Å². The van der Waals surface area contributed by atoms with Crippen molar-refractivity contribution in [2.45, 2.75) is 6.54 Å². The lowest BCUT2D eigenvalue weighted by molar-refractivity contribution is -0.117. The minimum atomic E-state index is -0.227. The second-order valence-electron chi connectivity index (χ2n) is 4.54. The molecule has 0 aliphatic heterocycles. The Bertz CT molecular complexity index is 787. The van der Waals surface area contributed by atoms with E-state index in [1.807, 2.05) is 42.5 Å². The van der Waals surface area contributed by atoms with Crippen LogP contribution in [0.15, 0.2) is 54.6 Å². The van der Waals surface area contributed by atoms with Gasteiger partial charge in [0.15, 0.2) is 0 Å². The van der Waals surface area contributed by atoms with Crippen molar-refractivity contribution in [1.29, 1.82) is 0 Å². The molecule has 0 radical (unpaired) electrons. The zero-order valence-electron chi connectivity index (χ0n) is 11.5. The molecule has 0 saturated heterocycles. The van der Waals surface area contributed by atoms with Crippen LogP contribution in [-0.4, -0.2) is 26.1 Å². The maximum Gasteiger partial charge on any atom is 0.248 e. The smallest absolute Gasteiger partial charge is 0.248 e. The number of carbonyl (C=O) groups is 1. The summed E-state index contributed by atoms with van der Waals surface area (Å²) < 4.78 is 0. The average molecular weight is 314 g/mol. The van der Waals surface area contributed by atoms with Gasteiger partial charge in [-0.1, -0.05) is 41.9 Å². The van der Waals surface area contributed by atoms with E-state index in [4.69, 9.17) is 11.6 Å². The number of para-hydroxylation sites is 1. The number of nitrogens with zero attached hydrogens (tertiary/aromatic N) is 4. The largest absolute Gasteiger partial charge is 0.324 e. The van der Waals surface area contributed by atoms with Gasteiger partial charge in [0.05, 0.1) is 5.02 Å².